The highest BCUT2D eigenvalue weighted by Crippen LogP contribution is 2.29. The molecule has 1 atom stereocenters. The zero-order valence-electron chi connectivity index (χ0n) is 12.2. The van der Waals surface area contributed by atoms with E-state index in [1.165, 1.54) is 7.05 Å². The molecule has 2 heterocycles. The van der Waals surface area contributed by atoms with E-state index in [2.05, 4.69) is 10.7 Å². The Morgan fingerprint density at radius 3 is 2.68 bits per heavy atom. The van der Waals surface area contributed by atoms with Crippen molar-refractivity contribution in [2.24, 2.45) is 5.73 Å². The van der Waals surface area contributed by atoms with Gasteiger partial charge in [-0.3, -0.25) is 4.79 Å². The molecule has 0 saturated carbocycles. The number of nitrogens with one attached hydrogen (secondary N) is 1. The number of halogens is 1. The predicted molar refractivity (Wildman–Crippen MR) is 87.6 cm³/mol. The maximum absolute atomic E-state index is 12.7. The minimum absolute atomic E-state index is 0.340. The fourth-order valence-electron chi connectivity index (χ4n) is 2.27. The quantitative estimate of drug-likeness (QED) is 0.828. The van der Waals surface area contributed by atoms with Gasteiger partial charge >= 0.3 is 0 Å². The van der Waals surface area contributed by atoms with Crippen molar-refractivity contribution in [3.63, 3.8) is 0 Å². The van der Waals surface area contributed by atoms with Crippen LogP contribution in [0.25, 0.3) is 10.9 Å². The number of nitrogens with zero attached hydrogens (tertiary/aromatic N) is 1. The molecule has 0 bridgehead atoms. The Hall–Kier alpha value is -1.25. The summed E-state index contributed by atoms with van der Waals surface area (Å²) in [6.45, 7) is 2.26. The number of aromatic amines is 1. The van der Waals surface area contributed by atoms with Crippen molar-refractivity contribution in [2.45, 2.75) is 4.90 Å². The number of aromatic nitrogens is 1. The summed E-state index contributed by atoms with van der Waals surface area (Å²) in [5, 5.41) is 1.28. The normalized spacial score (nSPS) is 16.9. The first-order valence-corrected chi connectivity index (χ1v) is 8.28. The topological polar surface area (TPSA) is 88.4 Å². The summed E-state index contributed by atoms with van der Waals surface area (Å²) in [6.07, 6.45) is 0.696. The lowest BCUT2D eigenvalue weighted by atomic mass is 10.2. The van der Waals surface area contributed by atoms with E-state index < -0.39 is 11.0 Å². The highest BCUT2D eigenvalue weighted by molar-refractivity contribution is 7.83. The molecule has 1 saturated heterocycles. The van der Waals surface area contributed by atoms with Gasteiger partial charge in [-0.1, -0.05) is 11.6 Å². The van der Waals surface area contributed by atoms with Gasteiger partial charge in [0.05, 0.1) is 23.8 Å². The van der Waals surface area contributed by atoms with Crippen LogP contribution in [0.1, 0.15) is 10.5 Å². The highest BCUT2D eigenvalue weighted by Gasteiger charge is 2.24. The van der Waals surface area contributed by atoms with Crippen LogP contribution in [0.3, 0.4) is 0 Å². The predicted octanol–water partition coefficient (Wildman–Crippen LogP) is 1.56. The third kappa shape index (κ3) is 3.39. The number of nitrogens with two attached hydrogens (primary N) is 1. The van der Waals surface area contributed by atoms with Crippen molar-refractivity contribution >= 4 is 39.8 Å². The van der Waals surface area contributed by atoms with Gasteiger partial charge in [-0.05, 0) is 25.2 Å². The average molecular weight is 344 g/mol. The average Bonchev–Trinajstić information content (AvgIpc) is 2.94. The first kappa shape index (κ1) is 17.1. The van der Waals surface area contributed by atoms with Crippen molar-refractivity contribution in [3.05, 3.63) is 28.9 Å². The molecule has 3 rings (SSSR count). The number of morpholine rings is 1. The highest BCUT2D eigenvalue weighted by atomic mass is 35.5. The monoisotopic (exact) mass is 343 g/mol. The fourth-order valence-corrected chi connectivity index (χ4v) is 3.83. The van der Waals surface area contributed by atoms with Crippen LogP contribution in [0.2, 0.25) is 5.02 Å². The zero-order chi connectivity index (χ0) is 16.1. The van der Waals surface area contributed by atoms with E-state index in [1.54, 1.807) is 22.5 Å². The van der Waals surface area contributed by atoms with E-state index in [4.69, 9.17) is 16.3 Å². The summed E-state index contributed by atoms with van der Waals surface area (Å²) in [4.78, 5) is 14.7. The number of hydrogen-bond donors (Lipinski definition) is 2. The van der Waals surface area contributed by atoms with Crippen LogP contribution in [0.5, 0.6) is 0 Å². The maximum Gasteiger partial charge on any atom is 0.167 e. The van der Waals surface area contributed by atoms with Crippen LogP contribution >= 0.6 is 11.6 Å². The van der Waals surface area contributed by atoms with Gasteiger partial charge in [0.25, 0.3) is 0 Å². The number of ether oxygens (including phenoxy) is 1. The second kappa shape index (κ2) is 7.85. The summed E-state index contributed by atoms with van der Waals surface area (Å²) in [5.74, 6) is 0. The number of carbonyl (C=O) groups excluding carboxylic acids is 1. The second-order valence-corrected chi connectivity index (χ2v) is 6.33. The lowest BCUT2D eigenvalue weighted by molar-refractivity contribution is 0.0752. The Kier molecular flexibility index (Phi) is 6.10. The number of benzene rings is 1. The number of rotatable bonds is 3. The van der Waals surface area contributed by atoms with Gasteiger partial charge in [0.2, 0.25) is 0 Å². The molecule has 1 aliphatic heterocycles. The largest absolute Gasteiger partial charge is 0.379 e. The third-order valence-electron chi connectivity index (χ3n) is 3.24. The number of fused-ring (bicyclic) bond motifs is 1. The zero-order valence-corrected chi connectivity index (χ0v) is 13.7. The van der Waals surface area contributed by atoms with Gasteiger partial charge in [-0.2, -0.15) is 0 Å². The summed E-state index contributed by atoms with van der Waals surface area (Å²) >= 11 is 6.00. The molecule has 8 heteroatoms. The van der Waals surface area contributed by atoms with Crippen LogP contribution in [0.4, 0.5) is 0 Å². The van der Waals surface area contributed by atoms with Gasteiger partial charge in [0.1, 0.15) is 11.0 Å². The molecule has 1 fully saturated rings. The molecule has 22 heavy (non-hydrogen) atoms. The van der Waals surface area contributed by atoms with E-state index in [0.717, 1.165) is 10.9 Å². The van der Waals surface area contributed by atoms with Gasteiger partial charge in [-0.25, -0.2) is 8.51 Å². The van der Waals surface area contributed by atoms with Crippen molar-refractivity contribution in [1.29, 1.82) is 0 Å². The van der Waals surface area contributed by atoms with Crippen molar-refractivity contribution in [1.82, 2.24) is 9.29 Å². The molecule has 0 aliphatic carbocycles. The van der Waals surface area contributed by atoms with E-state index in [0.29, 0.717) is 48.2 Å². The Bertz CT molecular complexity index is 683. The Morgan fingerprint density at radius 1 is 1.36 bits per heavy atom. The first-order chi connectivity index (χ1) is 10.7. The van der Waals surface area contributed by atoms with Crippen LogP contribution in [0.15, 0.2) is 23.1 Å². The fraction of sp³-hybridized carbons (Fsp3) is 0.357. The molecule has 2 aromatic rings. The minimum Gasteiger partial charge on any atom is -0.379 e. The molecule has 0 amide bonds. The smallest absolute Gasteiger partial charge is 0.167 e. The maximum atomic E-state index is 12.7. The van der Waals surface area contributed by atoms with Crippen molar-refractivity contribution in [3.8, 4) is 0 Å². The van der Waals surface area contributed by atoms with E-state index in [-0.39, 0.29) is 0 Å². The van der Waals surface area contributed by atoms with E-state index in [9.17, 15) is 9.00 Å². The number of carbonyl (C=O) groups is 1. The molecule has 1 aliphatic rings. The van der Waals surface area contributed by atoms with Crippen molar-refractivity contribution < 1.29 is 13.7 Å². The van der Waals surface area contributed by atoms with Crippen LogP contribution < -0.4 is 5.73 Å². The standard InChI is InChI=1S/C13H13ClN2O3S.CH5N/c14-9-1-2-11-10(7-9)13(12(8-17)15-11)20(18)16-3-5-19-6-4-16;1-2/h1-2,7-8,15H,3-6H2;2H2,1H3. The van der Waals surface area contributed by atoms with Crippen LogP contribution in [0, 0.1) is 0 Å². The SMILES string of the molecule is CN.O=Cc1[nH]c2ccc(Cl)cc2c1S(=O)N1CCOCC1. The van der Waals surface area contributed by atoms with Crippen molar-refractivity contribution in [2.75, 3.05) is 33.4 Å². The molecule has 1 aromatic heterocycles. The summed E-state index contributed by atoms with van der Waals surface area (Å²) in [6, 6.07) is 5.25. The molecular weight excluding hydrogens is 326 g/mol. The van der Waals surface area contributed by atoms with E-state index in [1.807, 2.05) is 0 Å². The molecule has 3 N–H and O–H groups in total. The number of aldehydes is 1. The molecular formula is C14H18ClN3O3S. The second-order valence-electron chi connectivity index (χ2n) is 4.47. The molecule has 1 unspecified atom stereocenters. The molecule has 0 radical (unpaired) electrons. The molecule has 0 spiro atoms. The van der Waals surface area contributed by atoms with Gasteiger partial charge in [-0.15, -0.1) is 0 Å². The van der Waals surface area contributed by atoms with Gasteiger partial charge in [0.15, 0.2) is 6.29 Å². The Morgan fingerprint density at radius 2 is 2.05 bits per heavy atom. The minimum atomic E-state index is -1.40. The number of H-pyrrole nitrogens is 1. The number of hydrogen-bond acceptors (Lipinski definition) is 4. The summed E-state index contributed by atoms with van der Waals surface area (Å²) < 4.78 is 19.8. The Balaban J connectivity index is 0.000000847. The molecule has 6 nitrogen and oxygen atoms in total. The van der Waals surface area contributed by atoms with E-state index >= 15 is 0 Å². The third-order valence-corrected chi connectivity index (χ3v) is 5.10. The Labute approximate surface area is 136 Å². The van der Waals surface area contributed by atoms with Gasteiger partial charge < -0.3 is 15.5 Å². The first-order valence-electron chi connectivity index (χ1n) is 6.79. The molecule has 1 aromatic carbocycles. The van der Waals surface area contributed by atoms with Gasteiger partial charge in [0, 0.05) is 29.0 Å². The lowest BCUT2D eigenvalue weighted by Gasteiger charge is -2.25. The summed E-state index contributed by atoms with van der Waals surface area (Å²) in [5.41, 5.74) is 5.60. The van der Waals surface area contributed by atoms with Crippen LogP contribution in [-0.4, -0.2) is 53.1 Å². The lowest BCUT2D eigenvalue weighted by Crippen LogP contribution is -2.37. The molecule has 120 valence electrons. The summed E-state index contributed by atoms with van der Waals surface area (Å²) in [7, 11) is 0.0992. The van der Waals surface area contributed by atoms with Crippen LogP contribution in [-0.2, 0) is 15.7 Å².